The Balaban J connectivity index is 1.56. The third kappa shape index (κ3) is 3.37. The van der Waals surface area contributed by atoms with Gasteiger partial charge in [-0.3, -0.25) is 19.7 Å². The molecule has 1 aliphatic heterocycles. The fraction of sp³-hybridized carbons (Fsp3) is 0.273. The molecule has 0 fully saturated rings. The van der Waals surface area contributed by atoms with Crippen LogP contribution in [0.1, 0.15) is 34.5 Å². The van der Waals surface area contributed by atoms with Crippen molar-refractivity contribution in [3.05, 3.63) is 75.4 Å². The van der Waals surface area contributed by atoms with Crippen LogP contribution in [0, 0.1) is 13.8 Å². The molecule has 10 heteroatoms. The van der Waals surface area contributed by atoms with Crippen LogP contribution in [-0.4, -0.2) is 36.1 Å². The van der Waals surface area contributed by atoms with E-state index in [0.29, 0.717) is 30.9 Å². The van der Waals surface area contributed by atoms with Gasteiger partial charge >= 0.3 is 0 Å². The number of aromatic nitrogens is 6. The largest absolute Gasteiger partial charge is 0.350 e. The van der Waals surface area contributed by atoms with E-state index in [2.05, 4.69) is 29.9 Å². The molecule has 8 nitrogen and oxygen atoms in total. The van der Waals surface area contributed by atoms with E-state index in [-0.39, 0.29) is 5.65 Å². The van der Waals surface area contributed by atoms with Gasteiger partial charge in [0.05, 0.1) is 11.9 Å². The number of hydrogen-bond acceptors (Lipinski definition) is 7. The van der Waals surface area contributed by atoms with Crippen LogP contribution < -0.4 is 10.5 Å². The Labute approximate surface area is 181 Å². The highest BCUT2D eigenvalue weighted by Crippen LogP contribution is 2.29. The Kier molecular flexibility index (Phi) is 4.84. The van der Waals surface area contributed by atoms with Crippen molar-refractivity contribution in [2.45, 2.75) is 33.2 Å². The minimum Gasteiger partial charge on any atom is -0.350 e. The van der Waals surface area contributed by atoms with Crippen LogP contribution in [0.25, 0.3) is 16.9 Å². The predicted octanol–water partition coefficient (Wildman–Crippen LogP) is 3.06. The topological polar surface area (TPSA) is 89.2 Å². The highest BCUT2D eigenvalue weighted by Gasteiger charge is 2.24. The van der Waals surface area contributed by atoms with E-state index in [1.165, 1.54) is 0 Å². The van der Waals surface area contributed by atoms with E-state index in [4.69, 9.17) is 0 Å². The summed E-state index contributed by atoms with van der Waals surface area (Å²) in [7, 11) is 0. The van der Waals surface area contributed by atoms with Crippen LogP contribution >= 0.6 is 0 Å². The highest BCUT2D eigenvalue weighted by molar-refractivity contribution is 5.62. The first-order valence-corrected chi connectivity index (χ1v) is 10.1. The second kappa shape index (κ2) is 7.70. The van der Waals surface area contributed by atoms with Gasteiger partial charge in [-0.1, -0.05) is 0 Å². The van der Waals surface area contributed by atoms with Gasteiger partial charge in [0.1, 0.15) is 5.69 Å². The summed E-state index contributed by atoms with van der Waals surface area (Å²) >= 11 is 0. The van der Waals surface area contributed by atoms with Crippen molar-refractivity contribution in [2.75, 3.05) is 11.4 Å². The Bertz CT molecular complexity index is 1390. The van der Waals surface area contributed by atoms with Crippen molar-refractivity contribution < 1.29 is 8.78 Å². The molecule has 5 rings (SSSR count). The van der Waals surface area contributed by atoms with Crippen LogP contribution in [0.5, 0.6) is 0 Å². The standard InChI is InChI=1S/C22H19F2N7O/c1-12-13(2)22(29-31-19(32)8-17(20(23)24)28-21(12)31)30-6-3-16-15(11-30)7-14(9-27-16)18-10-25-4-5-26-18/h4-5,7-10,20H,3,6,11H2,1-2H3. The SMILES string of the molecule is Cc1c(N2CCc3ncc(-c4cnccn4)cc3C2)nn2c(=O)cc(C(F)F)nc2c1C. The number of anilines is 1. The highest BCUT2D eigenvalue weighted by atomic mass is 19.3. The Hall–Kier alpha value is -3.82. The Morgan fingerprint density at radius 3 is 2.66 bits per heavy atom. The van der Waals surface area contributed by atoms with Gasteiger partial charge in [-0.2, -0.15) is 4.52 Å². The summed E-state index contributed by atoms with van der Waals surface area (Å²) in [6.45, 7) is 4.85. The van der Waals surface area contributed by atoms with Gasteiger partial charge in [-0.25, -0.2) is 13.8 Å². The molecule has 0 amide bonds. The lowest BCUT2D eigenvalue weighted by atomic mass is 10.0. The molecule has 4 aromatic heterocycles. The zero-order chi connectivity index (χ0) is 22.4. The van der Waals surface area contributed by atoms with Gasteiger partial charge in [0.2, 0.25) is 0 Å². The molecular weight excluding hydrogens is 416 g/mol. The summed E-state index contributed by atoms with van der Waals surface area (Å²) in [6.07, 6.45) is 4.64. The molecule has 32 heavy (non-hydrogen) atoms. The summed E-state index contributed by atoms with van der Waals surface area (Å²) in [5.41, 5.74) is 4.08. The van der Waals surface area contributed by atoms with Crippen molar-refractivity contribution >= 4 is 11.5 Å². The molecule has 0 spiro atoms. The second-order valence-corrected chi connectivity index (χ2v) is 7.72. The minimum atomic E-state index is -2.82. The summed E-state index contributed by atoms with van der Waals surface area (Å²) in [6, 6.07) is 2.89. The summed E-state index contributed by atoms with van der Waals surface area (Å²) in [4.78, 5) is 31.6. The molecule has 1 aliphatic rings. The van der Waals surface area contributed by atoms with Crippen molar-refractivity contribution in [2.24, 2.45) is 0 Å². The molecule has 0 unspecified atom stereocenters. The van der Waals surface area contributed by atoms with E-state index in [1.54, 1.807) is 31.7 Å². The smallest absolute Gasteiger partial charge is 0.280 e. The fourth-order valence-electron chi connectivity index (χ4n) is 3.95. The molecule has 0 radical (unpaired) electrons. The Morgan fingerprint density at radius 2 is 1.91 bits per heavy atom. The number of fused-ring (bicyclic) bond motifs is 2. The molecule has 0 aliphatic carbocycles. The number of aryl methyl sites for hydroxylation is 1. The number of nitrogens with zero attached hydrogens (tertiary/aromatic N) is 7. The van der Waals surface area contributed by atoms with Gasteiger partial charge in [0.25, 0.3) is 12.0 Å². The van der Waals surface area contributed by atoms with E-state index >= 15 is 0 Å². The first-order valence-electron chi connectivity index (χ1n) is 10.1. The van der Waals surface area contributed by atoms with Crippen molar-refractivity contribution in [1.29, 1.82) is 0 Å². The van der Waals surface area contributed by atoms with Crippen LogP contribution in [0.3, 0.4) is 0 Å². The van der Waals surface area contributed by atoms with Gasteiger partial charge in [0, 0.05) is 66.6 Å². The monoisotopic (exact) mass is 435 g/mol. The van der Waals surface area contributed by atoms with E-state index in [9.17, 15) is 13.6 Å². The average Bonchev–Trinajstić information content (AvgIpc) is 2.81. The lowest BCUT2D eigenvalue weighted by molar-refractivity contribution is 0.146. The first kappa shape index (κ1) is 20.1. The minimum absolute atomic E-state index is 0.151. The van der Waals surface area contributed by atoms with Crippen molar-refractivity contribution in [3.63, 3.8) is 0 Å². The normalized spacial score (nSPS) is 13.6. The summed E-state index contributed by atoms with van der Waals surface area (Å²) < 4.78 is 27.3. The third-order valence-corrected chi connectivity index (χ3v) is 5.77. The molecule has 0 atom stereocenters. The van der Waals surface area contributed by atoms with Gasteiger partial charge in [-0.15, -0.1) is 5.10 Å². The quantitative estimate of drug-likeness (QED) is 0.489. The maximum Gasteiger partial charge on any atom is 0.280 e. The van der Waals surface area contributed by atoms with Crippen molar-refractivity contribution in [1.82, 2.24) is 29.5 Å². The molecular formula is C22H19F2N7O. The number of rotatable bonds is 3. The van der Waals surface area contributed by atoms with Gasteiger partial charge < -0.3 is 4.90 Å². The van der Waals surface area contributed by atoms with Crippen LogP contribution in [0.2, 0.25) is 0 Å². The van der Waals surface area contributed by atoms with E-state index < -0.39 is 17.7 Å². The maximum atomic E-state index is 13.1. The summed E-state index contributed by atoms with van der Waals surface area (Å²) in [5.74, 6) is 0.624. The van der Waals surface area contributed by atoms with E-state index in [1.807, 2.05) is 13.0 Å². The van der Waals surface area contributed by atoms with Gasteiger partial charge in [-0.05, 0) is 25.5 Å². The maximum absolute atomic E-state index is 13.1. The zero-order valence-electron chi connectivity index (χ0n) is 17.5. The number of pyridine rings is 1. The van der Waals surface area contributed by atoms with Crippen LogP contribution in [0.15, 0.2) is 41.7 Å². The summed E-state index contributed by atoms with van der Waals surface area (Å²) in [5, 5.41) is 4.49. The number of halogens is 2. The molecule has 0 saturated heterocycles. The zero-order valence-corrected chi connectivity index (χ0v) is 17.5. The van der Waals surface area contributed by atoms with Crippen molar-refractivity contribution in [3.8, 4) is 11.3 Å². The second-order valence-electron chi connectivity index (χ2n) is 7.72. The predicted molar refractivity (Wildman–Crippen MR) is 114 cm³/mol. The first-order chi connectivity index (χ1) is 15.4. The molecule has 0 bridgehead atoms. The Morgan fingerprint density at radius 1 is 1.06 bits per heavy atom. The molecule has 162 valence electrons. The van der Waals surface area contributed by atoms with Crippen LogP contribution in [-0.2, 0) is 13.0 Å². The lowest BCUT2D eigenvalue weighted by Crippen LogP contribution is -2.34. The molecule has 4 aromatic rings. The molecule has 0 saturated carbocycles. The van der Waals surface area contributed by atoms with E-state index in [0.717, 1.165) is 38.7 Å². The van der Waals surface area contributed by atoms with Crippen LogP contribution in [0.4, 0.5) is 14.6 Å². The lowest BCUT2D eigenvalue weighted by Gasteiger charge is -2.31. The molecule has 0 N–H and O–H groups in total. The number of alkyl halides is 2. The number of hydrogen-bond donors (Lipinski definition) is 0. The third-order valence-electron chi connectivity index (χ3n) is 5.77. The average molecular weight is 435 g/mol. The molecule has 5 heterocycles. The fourth-order valence-corrected chi connectivity index (χ4v) is 3.95. The molecule has 0 aromatic carbocycles. The van der Waals surface area contributed by atoms with Gasteiger partial charge in [0.15, 0.2) is 11.5 Å².